The van der Waals surface area contributed by atoms with Crippen LogP contribution in [-0.2, 0) is 4.79 Å². The van der Waals surface area contributed by atoms with E-state index < -0.39 is 12.2 Å². The van der Waals surface area contributed by atoms with Crippen LogP contribution in [0.5, 0.6) is 0 Å². The van der Waals surface area contributed by atoms with Gasteiger partial charge < -0.3 is 15.5 Å². The Balaban J connectivity index is 1.68. The van der Waals surface area contributed by atoms with E-state index in [9.17, 15) is 9.59 Å². The zero-order chi connectivity index (χ0) is 22.0. The van der Waals surface area contributed by atoms with Gasteiger partial charge in [0.15, 0.2) is 0 Å². The molecule has 3 aromatic carbocycles. The largest absolute Gasteiger partial charge is 0.321 e. The molecular weight excluding hydrogens is 480 g/mol. The standard InChI is InChI=1S/C23H18BrClN4O2/c1-29-19-10-6-5-9-16(19)20(14-7-3-2-4-8-14)27-21(22(29)30)28-23(31)26-18-12-11-15(24)13-17(18)25/h2-13,21H,1H3,(H2,26,28,31). The summed E-state index contributed by atoms with van der Waals surface area (Å²) in [7, 11) is 1.67. The van der Waals surface area contributed by atoms with Crippen molar-refractivity contribution in [3.05, 3.63) is 93.4 Å². The van der Waals surface area contributed by atoms with Crippen LogP contribution in [0.3, 0.4) is 0 Å². The molecule has 31 heavy (non-hydrogen) atoms. The lowest BCUT2D eigenvalue weighted by atomic mass is 10.0. The van der Waals surface area contributed by atoms with Crippen molar-refractivity contribution in [2.75, 3.05) is 17.3 Å². The van der Waals surface area contributed by atoms with E-state index in [0.717, 1.165) is 21.3 Å². The summed E-state index contributed by atoms with van der Waals surface area (Å²) in [5.41, 5.74) is 3.43. The SMILES string of the molecule is CN1C(=O)C(NC(=O)Nc2ccc(Br)cc2Cl)N=C(c2ccccc2)c2ccccc21. The van der Waals surface area contributed by atoms with Crippen LogP contribution >= 0.6 is 27.5 Å². The van der Waals surface area contributed by atoms with Gasteiger partial charge in [-0.2, -0.15) is 0 Å². The average molecular weight is 498 g/mol. The van der Waals surface area contributed by atoms with E-state index in [1.165, 1.54) is 4.90 Å². The van der Waals surface area contributed by atoms with E-state index in [2.05, 4.69) is 31.6 Å². The van der Waals surface area contributed by atoms with Gasteiger partial charge in [-0.1, -0.05) is 76.1 Å². The Bertz CT molecular complexity index is 1180. The molecule has 0 spiro atoms. The number of para-hydroxylation sites is 1. The van der Waals surface area contributed by atoms with Crippen LogP contribution in [0.25, 0.3) is 0 Å². The number of nitrogens with one attached hydrogen (secondary N) is 2. The lowest BCUT2D eigenvalue weighted by molar-refractivity contribution is -0.119. The van der Waals surface area contributed by atoms with E-state index in [-0.39, 0.29) is 5.91 Å². The van der Waals surface area contributed by atoms with Crippen molar-refractivity contribution in [2.24, 2.45) is 4.99 Å². The van der Waals surface area contributed by atoms with Crippen molar-refractivity contribution in [3.63, 3.8) is 0 Å². The minimum atomic E-state index is -1.11. The molecule has 0 saturated heterocycles. The number of hydrogen-bond donors (Lipinski definition) is 2. The number of halogens is 2. The predicted molar refractivity (Wildman–Crippen MR) is 127 cm³/mol. The minimum absolute atomic E-state index is 0.351. The third-order valence-corrected chi connectivity index (χ3v) is 5.64. The predicted octanol–water partition coefficient (Wildman–Crippen LogP) is 5.06. The highest BCUT2D eigenvalue weighted by Gasteiger charge is 2.31. The van der Waals surface area contributed by atoms with Crippen molar-refractivity contribution >= 4 is 56.6 Å². The summed E-state index contributed by atoms with van der Waals surface area (Å²) in [5, 5.41) is 5.71. The van der Waals surface area contributed by atoms with Crippen molar-refractivity contribution < 1.29 is 9.59 Å². The fraction of sp³-hybridized carbons (Fsp3) is 0.0870. The average Bonchev–Trinajstić information content (AvgIpc) is 2.87. The number of benzene rings is 3. The highest BCUT2D eigenvalue weighted by molar-refractivity contribution is 9.10. The first kappa shape index (κ1) is 21.1. The molecule has 0 saturated carbocycles. The third kappa shape index (κ3) is 4.47. The Morgan fingerprint density at radius 2 is 1.77 bits per heavy atom. The number of benzodiazepines with no additional fused rings is 1. The molecule has 1 atom stereocenters. The molecule has 6 nitrogen and oxygen atoms in total. The second-order valence-corrected chi connectivity index (χ2v) is 8.21. The van der Waals surface area contributed by atoms with E-state index in [4.69, 9.17) is 11.6 Å². The minimum Gasteiger partial charge on any atom is -0.311 e. The summed E-state index contributed by atoms with van der Waals surface area (Å²) in [6, 6.07) is 21.6. The van der Waals surface area contributed by atoms with Crippen LogP contribution in [0.2, 0.25) is 5.02 Å². The normalized spacial score (nSPS) is 15.6. The lowest BCUT2D eigenvalue weighted by Gasteiger charge is -2.21. The fourth-order valence-corrected chi connectivity index (χ4v) is 4.04. The number of amides is 3. The van der Waals surface area contributed by atoms with Gasteiger partial charge in [-0.15, -0.1) is 0 Å². The summed E-state index contributed by atoms with van der Waals surface area (Å²) < 4.78 is 0.791. The van der Waals surface area contributed by atoms with Gasteiger partial charge in [0.2, 0.25) is 6.17 Å². The highest BCUT2D eigenvalue weighted by Crippen LogP contribution is 2.28. The Morgan fingerprint density at radius 3 is 2.52 bits per heavy atom. The molecule has 1 heterocycles. The van der Waals surface area contributed by atoms with E-state index >= 15 is 0 Å². The number of anilines is 2. The Hall–Kier alpha value is -3.16. The number of aliphatic imine (C=N–C) groups is 1. The molecule has 2 N–H and O–H groups in total. The van der Waals surface area contributed by atoms with Crippen LogP contribution in [-0.4, -0.2) is 30.9 Å². The first-order valence-electron chi connectivity index (χ1n) is 9.47. The molecule has 4 rings (SSSR count). The molecule has 0 aliphatic carbocycles. The molecule has 3 aromatic rings. The quantitative estimate of drug-likeness (QED) is 0.530. The number of rotatable bonds is 3. The van der Waals surface area contributed by atoms with Gasteiger partial charge in [-0.25, -0.2) is 9.79 Å². The van der Waals surface area contributed by atoms with Gasteiger partial charge in [-0.3, -0.25) is 4.79 Å². The van der Waals surface area contributed by atoms with Crippen LogP contribution in [0.1, 0.15) is 11.1 Å². The molecule has 156 valence electrons. The molecular formula is C23H18BrClN4O2. The molecule has 1 unspecified atom stereocenters. The van der Waals surface area contributed by atoms with E-state index in [0.29, 0.717) is 16.4 Å². The topological polar surface area (TPSA) is 73.8 Å². The monoisotopic (exact) mass is 496 g/mol. The number of carbonyl (C=O) groups is 2. The van der Waals surface area contributed by atoms with Gasteiger partial charge in [-0.05, 0) is 24.3 Å². The number of likely N-dealkylation sites (N-methyl/N-ethyl adjacent to an activating group) is 1. The maximum atomic E-state index is 13.1. The Morgan fingerprint density at radius 1 is 1.06 bits per heavy atom. The van der Waals surface area contributed by atoms with Gasteiger partial charge in [0.05, 0.1) is 22.1 Å². The van der Waals surface area contributed by atoms with Crippen molar-refractivity contribution in [1.29, 1.82) is 0 Å². The third-order valence-electron chi connectivity index (χ3n) is 4.84. The maximum absolute atomic E-state index is 13.1. The molecule has 1 aliphatic rings. The first-order chi connectivity index (χ1) is 14.9. The van der Waals surface area contributed by atoms with Crippen molar-refractivity contribution in [1.82, 2.24) is 5.32 Å². The smallest absolute Gasteiger partial charge is 0.311 e. The summed E-state index contributed by atoms with van der Waals surface area (Å²) >= 11 is 9.51. The lowest BCUT2D eigenvalue weighted by Crippen LogP contribution is -2.47. The van der Waals surface area contributed by atoms with Gasteiger partial charge in [0.1, 0.15) is 0 Å². The first-order valence-corrected chi connectivity index (χ1v) is 10.6. The number of nitrogens with zero attached hydrogens (tertiary/aromatic N) is 2. The Kier molecular flexibility index (Phi) is 6.06. The number of carbonyl (C=O) groups excluding carboxylic acids is 2. The molecule has 0 fully saturated rings. The second kappa shape index (κ2) is 8.91. The molecule has 8 heteroatoms. The van der Waals surface area contributed by atoms with E-state index in [1.54, 1.807) is 25.2 Å². The van der Waals surface area contributed by atoms with Crippen molar-refractivity contribution in [2.45, 2.75) is 6.17 Å². The summed E-state index contributed by atoms with van der Waals surface area (Å²) in [4.78, 5) is 32.0. The zero-order valence-electron chi connectivity index (χ0n) is 16.5. The fourth-order valence-electron chi connectivity index (χ4n) is 3.32. The van der Waals surface area contributed by atoms with Crippen LogP contribution < -0.4 is 15.5 Å². The number of urea groups is 1. The van der Waals surface area contributed by atoms with Crippen LogP contribution in [0.15, 0.2) is 82.3 Å². The second-order valence-electron chi connectivity index (χ2n) is 6.88. The van der Waals surface area contributed by atoms with Crippen LogP contribution in [0, 0.1) is 0 Å². The maximum Gasteiger partial charge on any atom is 0.321 e. The summed E-state index contributed by atoms with van der Waals surface area (Å²) in [5.74, 6) is -0.351. The molecule has 3 amide bonds. The van der Waals surface area contributed by atoms with Crippen LogP contribution in [0.4, 0.5) is 16.2 Å². The molecule has 1 aliphatic heterocycles. The highest BCUT2D eigenvalue weighted by atomic mass is 79.9. The summed E-state index contributed by atoms with van der Waals surface area (Å²) in [6.07, 6.45) is -1.11. The molecule has 0 aromatic heterocycles. The number of hydrogen-bond acceptors (Lipinski definition) is 3. The zero-order valence-corrected chi connectivity index (χ0v) is 18.8. The van der Waals surface area contributed by atoms with Gasteiger partial charge >= 0.3 is 6.03 Å². The summed E-state index contributed by atoms with van der Waals surface area (Å²) in [6.45, 7) is 0. The van der Waals surface area contributed by atoms with Crippen molar-refractivity contribution in [3.8, 4) is 0 Å². The van der Waals surface area contributed by atoms with Gasteiger partial charge in [0.25, 0.3) is 5.91 Å². The number of fused-ring (bicyclic) bond motifs is 1. The molecule has 0 bridgehead atoms. The van der Waals surface area contributed by atoms with E-state index in [1.807, 2.05) is 54.6 Å². The van der Waals surface area contributed by atoms with Gasteiger partial charge in [0, 0.05) is 22.6 Å². The Labute approximate surface area is 193 Å². The molecule has 0 radical (unpaired) electrons.